The maximum Gasteiger partial charge on any atom is 0.329 e. The van der Waals surface area contributed by atoms with Gasteiger partial charge in [-0.05, 0) is 54.1 Å². The van der Waals surface area contributed by atoms with Gasteiger partial charge in [-0.2, -0.15) is 5.10 Å². The summed E-state index contributed by atoms with van der Waals surface area (Å²) in [6, 6.07) is 15.2. The quantitative estimate of drug-likeness (QED) is 0.283. The number of anilines is 1. The van der Waals surface area contributed by atoms with Crippen LogP contribution in [0, 0.1) is 5.82 Å². The molecule has 0 saturated heterocycles. The molecule has 0 aliphatic rings. The summed E-state index contributed by atoms with van der Waals surface area (Å²) < 4.78 is 24.2. The summed E-state index contributed by atoms with van der Waals surface area (Å²) in [7, 11) is 1.49. The normalized spacial score (nSPS) is 10.7. The summed E-state index contributed by atoms with van der Waals surface area (Å²) in [6.07, 6.45) is 1.32. The summed E-state index contributed by atoms with van der Waals surface area (Å²) >= 11 is 12.0. The van der Waals surface area contributed by atoms with E-state index in [1.165, 1.54) is 25.5 Å². The van der Waals surface area contributed by atoms with Gasteiger partial charge in [-0.3, -0.25) is 9.59 Å². The number of methoxy groups -OCH3 is 1. The molecule has 0 aromatic heterocycles. The Bertz CT molecular complexity index is 1190. The molecule has 2 amide bonds. The number of para-hydroxylation sites is 1. The molecule has 33 heavy (non-hydrogen) atoms. The summed E-state index contributed by atoms with van der Waals surface area (Å²) in [5, 5.41) is 6.99. The largest absolute Gasteiger partial charge is 0.493 e. The first-order valence-electron chi connectivity index (χ1n) is 9.51. The molecule has 170 valence electrons. The number of hydrogen-bond acceptors (Lipinski definition) is 5. The van der Waals surface area contributed by atoms with Crippen LogP contribution in [0.25, 0.3) is 0 Å². The van der Waals surface area contributed by atoms with Crippen LogP contribution in [0.1, 0.15) is 11.1 Å². The fraction of sp³-hybridized carbons (Fsp3) is 0.0870. The predicted octanol–water partition coefficient (Wildman–Crippen LogP) is 4.81. The average molecular weight is 490 g/mol. The van der Waals surface area contributed by atoms with E-state index in [1.54, 1.807) is 36.4 Å². The van der Waals surface area contributed by atoms with Crippen LogP contribution in [0.15, 0.2) is 65.8 Å². The Labute approximate surface area is 199 Å². The number of benzene rings is 3. The number of amides is 2. The topological polar surface area (TPSA) is 89.0 Å². The minimum absolute atomic E-state index is 0.171. The van der Waals surface area contributed by atoms with Crippen molar-refractivity contribution < 1.29 is 23.5 Å². The summed E-state index contributed by atoms with van der Waals surface area (Å²) in [5.74, 6) is -1.60. The number of carbonyl (C=O) groups excluding carboxylic acids is 2. The molecule has 0 spiro atoms. The van der Waals surface area contributed by atoms with Crippen molar-refractivity contribution in [1.29, 1.82) is 0 Å². The highest BCUT2D eigenvalue weighted by atomic mass is 35.5. The van der Waals surface area contributed by atoms with Gasteiger partial charge in [-0.15, -0.1) is 0 Å². The molecular formula is C23H18Cl2FN3O4. The number of hydrazone groups is 1. The van der Waals surface area contributed by atoms with E-state index in [4.69, 9.17) is 32.7 Å². The molecule has 0 aliphatic heterocycles. The van der Waals surface area contributed by atoms with E-state index < -0.39 is 17.6 Å². The predicted molar refractivity (Wildman–Crippen MR) is 125 cm³/mol. The first-order chi connectivity index (χ1) is 15.9. The zero-order chi connectivity index (χ0) is 23.8. The number of hydrogen-bond donors (Lipinski definition) is 2. The Morgan fingerprint density at radius 1 is 1.03 bits per heavy atom. The first-order valence-corrected chi connectivity index (χ1v) is 10.3. The molecule has 7 nitrogen and oxygen atoms in total. The van der Waals surface area contributed by atoms with Crippen molar-refractivity contribution in [3.63, 3.8) is 0 Å². The van der Waals surface area contributed by atoms with E-state index in [1.807, 2.05) is 0 Å². The van der Waals surface area contributed by atoms with Crippen LogP contribution in [-0.2, 0) is 16.2 Å². The van der Waals surface area contributed by atoms with Gasteiger partial charge in [-0.25, -0.2) is 9.82 Å². The van der Waals surface area contributed by atoms with Crippen molar-refractivity contribution in [2.45, 2.75) is 6.61 Å². The lowest BCUT2D eigenvalue weighted by Gasteiger charge is -2.13. The monoisotopic (exact) mass is 489 g/mol. The third-order valence-corrected chi connectivity index (χ3v) is 5.01. The van der Waals surface area contributed by atoms with Gasteiger partial charge in [0.15, 0.2) is 11.5 Å². The molecule has 3 aromatic rings. The SMILES string of the molecule is COc1cccc(/C=N\NC(=O)C(=O)Nc2ccc(F)cc2)c1OCc1ccc(Cl)c(Cl)c1. The van der Waals surface area contributed by atoms with Crippen LogP contribution >= 0.6 is 23.2 Å². The molecule has 3 rings (SSSR count). The number of nitrogens with zero attached hydrogens (tertiary/aromatic N) is 1. The van der Waals surface area contributed by atoms with Gasteiger partial charge in [-0.1, -0.05) is 35.3 Å². The van der Waals surface area contributed by atoms with Crippen LogP contribution in [0.2, 0.25) is 10.0 Å². The molecule has 0 fully saturated rings. The van der Waals surface area contributed by atoms with Crippen molar-refractivity contribution in [3.05, 3.63) is 87.7 Å². The molecule has 3 aromatic carbocycles. The summed E-state index contributed by atoms with van der Waals surface area (Å²) in [5.41, 5.74) is 3.68. The van der Waals surface area contributed by atoms with Gasteiger partial charge >= 0.3 is 11.8 Å². The van der Waals surface area contributed by atoms with E-state index in [2.05, 4.69) is 15.8 Å². The lowest BCUT2D eigenvalue weighted by atomic mass is 10.2. The lowest BCUT2D eigenvalue weighted by molar-refractivity contribution is -0.136. The highest BCUT2D eigenvalue weighted by molar-refractivity contribution is 6.42. The molecule has 0 saturated carbocycles. The molecule has 0 atom stereocenters. The van der Waals surface area contributed by atoms with Crippen molar-refractivity contribution in [2.75, 3.05) is 12.4 Å². The minimum Gasteiger partial charge on any atom is -0.493 e. The van der Waals surface area contributed by atoms with E-state index in [9.17, 15) is 14.0 Å². The lowest BCUT2D eigenvalue weighted by Crippen LogP contribution is -2.32. The number of rotatable bonds is 7. The van der Waals surface area contributed by atoms with E-state index in [0.717, 1.165) is 17.7 Å². The molecule has 0 radical (unpaired) electrons. The van der Waals surface area contributed by atoms with Gasteiger partial charge in [0.25, 0.3) is 0 Å². The molecule has 0 unspecified atom stereocenters. The highest BCUT2D eigenvalue weighted by Gasteiger charge is 2.14. The zero-order valence-corrected chi connectivity index (χ0v) is 18.8. The number of ether oxygens (including phenoxy) is 2. The number of carbonyl (C=O) groups is 2. The highest BCUT2D eigenvalue weighted by Crippen LogP contribution is 2.31. The fourth-order valence-electron chi connectivity index (χ4n) is 2.67. The van der Waals surface area contributed by atoms with Crippen LogP contribution in [0.5, 0.6) is 11.5 Å². The summed E-state index contributed by atoms with van der Waals surface area (Å²) in [6.45, 7) is 0.171. The molecule has 0 bridgehead atoms. The van der Waals surface area contributed by atoms with Crippen LogP contribution in [0.3, 0.4) is 0 Å². The smallest absolute Gasteiger partial charge is 0.329 e. The van der Waals surface area contributed by atoms with Gasteiger partial charge in [0.2, 0.25) is 0 Å². The van der Waals surface area contributed by atoms with Crippen molar-refractivity contribution in [1.82, 2.24) is 5.43 Å². The van der Waals surface area contributed by atoms with Crippen molar-refractivity contribution in [3.8, 4) is 11.5 Å². The molecule has 0 heterocycles. The van der Waals surface area contributed by atoms with Gasteiger partial charge in [0, 0.05) is 11.3 Å². The van der Waals surface area contributed by atoms with Gasteiger partial charge in [0.05, 0.1) is 23.4 Å². The van der Waals surface area contributed by atoms with Crippen molar-refractivity contribution in [2.24, 2.45) is 5.10 Å². The third kappa shape index (κ3) is 6.68. The molecule has 10 heteroatoms. The van der Waals surface area contributed by atoms with E-state index in [-0.39, 0.29) is 12.3 Å². The van der Waals surface area contributed by atoms with Crippen molar-refractivity contribution >= 4 is 46.9 Å². The Kier molecular flexibility index (Phi) is 8.23. The van der Waals surface area contributed by atoms with E-state index in [0.29, 0.717) is 27.1 Å². The fourth-order valence-corrected chi connectivity index (χ4v) is 2.99. The van der Waals surface area contributed by atoms with E-state index >= 15 is 0 Å². The Hall–Kier alpha value is -3.62. The first kappa shape index (κ1) is 24.0. The average Bonchev–Trinajstić information content (AvgIpc) is 2.81. The maximum atomic E-state index is 12.9. The van der Waals surface area contributed by atoms with Crippen LogP contribution in [-0.4, -0.2) is 25.1 Å². The summed E-state index contributed by atoms with van der Waals surface area (Å²) in [4.78, 5) is 24.0. The number of halogens is 3. The molecular weight excluding hydrogens is 472 g/mol. The second-order valence-electron chi connectivity index (χ2n) is 6.58. The molecule has 2 N–H and O–H groups in total. The Morgan fingerprint density at radius 2 is 1.79 bits per heavy atom. The van der Waals surface area contributed by atoms with Crippen LogP contribution < -0.4 is 20.2 Å². The van der Waals surface area contributed by atoms with Gasteiger partial charge < -0.3 is 14.8 Å². The standard InChI is InChI=1S/C23H18Cl2FN3O4/c1-32-20-4-2-3-15(21(20)33-13-14-5-10-18(24)19(25)11-14)12-27-29-23(31)22(30)28-17-8-6-16(26)7-9-17/h2-12H,13H2,1H3,(H,28,30)(H,29,31)/b27-12-. The maximum absolute atomic E-state index is 12.9. The number of nitrogens with one attached hydrogen (secondary N) is 2. The Balaban J connectivity index is 1.66. The minimum atomic E-state index is -1.00. The third-order valence-electron chi connectivity index (χ3n) is 4.27. The Morgan fingerprint density at radius 3 is 2.48 bits per heavy atom. The van der Waals surface area contributed by atoms with Gasteiger partial charge in [0.1, 0.15) is 12.4 Å². The molecule has 0 aliphatic carbocycles. The zero-order valence-electron chi connectivity index (χ0n) is 17.3. The van der Waals surface area contributed by atoms with Crippen LogP contribution in [0.4, 0.5) is 10.1 Å². The second kappa shape index (κ2) is 11.3. The second-order valence-corrected chi connectivity index (χ2v) is 7.39.